The molecule has 0 aromatic carbocycles. The van der Waals surface area contributed by atoms with Crippen molar-refractivity contribution in [1.29, 1.82) is 0 Å². The summed E-state index contributed by atoms with van der Waals surface area (Å²) in [4.78, 5) is 6.25. The van der Waals surface area contributed by atoms with E-state index in [1.807, 2.05) is 0 Å². The molecule has 88 valence electrons. The summed E-state index contributed by atoms with van der Waals surface area (Å²) in [6, 6.07) is 1.48. The molecule has 0 N–H and O–H groups in total. The third-order valence-corrected chi connectivity index (χ3v) is 3.19. The molecule has 0 aliphatic heterocycles. The van der Waals surface area contributed by atoms with Crippen LogP contribution in [-0.4, -0.2) is 18.1 Å². The molecule has 2 nitrogen and oxygen atoms in total. The van der Waals surface area contributed by atoms with Crippen LogP contribution in [0.25, 0.3) is 0 Å². The molecule has 1 fully saturated rings. The van der Waals surface area contributed by atoms with E-state index in [2.05, 4.69) is 32.7 Å². The Kier molecular flexibility index (Phi) is 3.79. The van der Waals surface area contributed by atoms with Gasteiger partial charge in [-0.05, 0) is 47.2 Å². The van der Waals surface area contributed by atoms with Crippen molar-refractivity contribution in [3.63, 3.8) is 0 Å². The highest BCUT2D eigenvalue weighted by molar-refractivity contribution is 9.10. The quantitative estimate of drug-likeness (QED) is 0.822. The van der Waals surface area contributed by atoms with Crippen molar-refractivity contribution in [2.24, 2.45) is 5.92 Å². The van der Waals surface area contributed by atoms with Crippen molar-refractivity contribution in [2.75, 3.05) is 18.0 Å². The van der Waals surface area contributed by atoms with Crippen LogP contribution in [0.1, 0.15) is 26.2 Å². The lowest BCUT2D eigenvalue weighted by molar-refractivity contribution is 0.598. The standard InChI is InChI=1S/C12H16BrFN2/c1-2-5-16(8-9-3-4-9)12-11(14)6-10(13)7-15-12/h6-7,9H,2-5,8H2,1H3. The predicted molar refractivity (Wildman–Crippen MR) is 67.1 cm³/mol. The van der Waals surface area contributed by atoms with Crippen LogP contribution in [0.15, 0.2) is 16.7 Å². The van der Waals surface area contributed by atoms with Crippen LogP contribution in [-0.2, 0) is 0 Å². The maximum absolute atomic E-state index is 13.8. The minimum absolute atomic E-state index is 0.233. The van der Waals surface area contributed by atoms with Gasteiger partial charge in [-0.25, -0.2) is 9.37 Å². The fraction of sp³-hybridized carbons (Fsp3) is 0.583. The second-order valence-corrected chi connectivity index (χ2v) is 5.26. The van der Waals surface area contributed by atoms with Crippen molar-refractivity contribution in [2.45, 2.75) is 26.2 Å². The fourth-order valence-corrected chi connectivity index (χ4v) is 2.11. The molecule has 0 bridgehead atoms. The molecule has 0 radical (unpaired) electrons. The molecular formula is C12H16BrFN2. The van der Waals surface area contributed by atoms with Crippen molar-refractivity contribution < 1.29 is 4.39 Å². The molecule has 1 aliphatic carbocycles. The molecule has 0 amide bonds. The van der Waals surface area contributed by atoms with E-state index in [1.165, 1.54) is 18.9 Å². The highest BCUT2D eigenvalue weighted by Gasteiger charge is 2.25. The number of rotatable bonds is 5. The van der Waals surface area contributed by atoms with Crippen molar-refractivity contribution >= 4 is 21.7 Å². The van der Waals surface area contributed by atoms with Crippen LogP contribution in [0.3, 0.4) is 0 Å². The van der Waals surface area contributed by atoms with Gasteiger partial charge in [-0.3, -0.25) is 0 Å². The highest BCUT2D eigenvalue weighted by Crippen LogP contribution is 2.32. The third kappa shape index (κ3) is 2.94. The molecule has 1 saturated carbocycles. The summed E-state index contributed by atoms with van der Waals surface area (Å²) in [5.41, 5.74) is 0. The van der Waals surface area contributed by atoms with Crippen LogP contribution in [0.5, 0.6) is 0 Å². The minimum Gasteiger partial charge on any atom is -0.354 e. The van der Waals surface area contributed by atoms with Gasteiger partial charge in [0.05, 0.1) is 0 Å². The molecule has 1 aromatic rings. The van der Waals surface area contributed by atoms with E-state index in [4.69, 9.17) is 0 Å². The van der Waals surface area contributed by atoms with Gasteiger partial charge in [0.2, 0.25) is 0 Å². The fourth-order valence-electron chi connectivity index (χ4n) is 1.81. The zero-order valence-electron chi connectivity index (χ0n) is 9.42. The minimum atomic E-state index is -0.233. The van der Waals surface area contributed by atoms with Gasteiger partial charge in [-0.15, -0.1) is 0 Å². The van der Waals surface area contributed by atoms with Gasteiger partial charge in [0.1, 0.15) is 0 Å². The Hall–Kier alpha value is -0.640. The monoisotopic (exact) mass is 286 g/mol. The van der Waals surface area contributed by atoms with Crippen LogP contribution in [0, 0.1) is 11.7 Å². The molecular weight excluding hydrogens is 271 g/mol. The van der Waals surface area contributed by atoms with Gasteiger partial charge in [-0.2, -0.15) is 0 Å². The lowest BCUT2D eigenvalue weighted by atomic mass is 10.3. The van der Waals surface area contributed by atoms with Crippen LogP contribution in [0.2, 0.25) is 0 Å². The maximum atomic E-state index is 13.8. The van der Waals surface area contributed by atoms with Crippen molar-refractivity contribution in [1.82, 2.24) is 4.98 Å². The van der Waals surface area contributed by atoms with Crippen LogP contribution in [0.4, 0.5) is 10.2 Å². The van der Waals surface area contributed by atoms with Gasteiger partial charge in [-0.1, -0.05) is 6.92 Å². The molecule has 0 atom stereocenters. The van der Waals surface area contributed by atoms with Gasteiger partial charge in [0.15, 0.2) is 11.6 Å². The first kappa shape index (κ1) is 11.8. The SMILES string of the molecule is CCCN(CC1CC1)c1ncc(Br)cc1F. The number of aromatic nitrogens is 1. The lowest BCUT2D eigenvalue weighted by Crippen LogP contribution is -2.28. The number of halogens is 2. The first-order chi connectivity index (χ1) is 7.70. The molecule has 0 unspecified atom stereocenters. The molecule has 16 heavy (non-hydrogen) atoms. The zero-order chi connectivity index (χ0) is 11.5. The van der Waals surface area contributed by atoms with Gasteiger partial charge in [0.25, 0.3) is 0 Å². The van der Waals surface area contributed by atoms with Crippen LogP contribution >= 0.6 is 15.9 Å². The Balaban J connectivity index is 2.15. The molecule has 1 aliphatic rings. The Bertz CT molecular complexity index is 366. The average molecular weight is 287 g/mol. The summed E-state index contributed by atoms with van der Waals surface area (Å²) < 4.78 is 14.5. The second-order valence-electron chi connectivity index (χ2n) is 4.35. The number of nitrogens with zero attached hydrogens (tertiary/aromatic N) is 2. The molecule has 4 heteroatoms. The van der Waals surface area contributed by atoms with Crippen molar-refractivity contribution in [3.8, 4) is 0 Å². The largest absolute Gasteiger partial charge is 0.354 e. The first-order valence-corrected chi connectivity index (χ1v) is 6.56. The number of hydrogen-bond acceptors (Lipinski definition) is 2. The van der Waals surface area contributed by atoms with Crippen LogP contribution < -0.4 is 4.90 Å². The summed E-state index contributed by atoms with van der Waals surface area (Å²) in [6.45, 7) is 3.93. The number of anilines is 1. The number of pyridine rings is 1. The summed E-state index contributed by atoms with van der Waals surface area (Å²) in [6.07, 6.45) is 5.23. The van der Waals surface area contributed by atoms with E-state index in [0.717, 1.165) is 25.4 Å². The van der Waals surface area contributed by atoms with E-state index >= 15 is 0 Å². The first-order valence-electron chi connectivity index (χ1n) is 5.76. The van der Waals surface area contributed by atoms with Gasteiger partial charge >= 0.3 is 0 Å². The zero-order valence-corrected chi connectivity index (χ0v) is 11.0. The van der Waals surface area contributed by atoms with Crippen molar-refractivity contribution in [3.05, 3.63) is 22.6 Å². The lowest BCUT2D eigenvalue weighted by Gasteiger charge is -2.23. The summed E-state index contributed by atoms with van der Waals surface area (Å²) >= 11 is 3.23. The molecule has 2 rings (SSSR count). The summed E-state index contributed by atoms with van der Waals surface area (Å²) in [5, 5.41) is 0. The second kappa shape index (κ2) is 5.13. The van der Waals surface area contributed by atoms with E-state index in [0.29, 0.717) is 10.3 Å². The topological polar surface area (TPSA) is 16.1 Å². The Morgan fingerprint density at radius 2 is 2.31 bits per heavy atom. The Labute approximate surface area is 104 Å². The average Bonchev–Trinajstić information content (AvgIpc) is 3.01. The summed E-state index contributed by atoms with van der Waals surface area (Å²) in [7, 11) is 0. The van der Waals surface area contributed by atoms with E-state index in [-0.39, 0.29) is 5.82 Å². The normalized spacial score (nSPS) is 15.2. The summed E-state index contributed by atoms with van der Waals surface area (Å²) in [5.74, 6) is 1.01. The molecule has 0 saturated heterocycles. The van der Waals surface area contributed by atoms with E-state index < -0.39 is 0 Å². The highest BCUT2D eigenvalue weighted by atomic mass is 79.9. The number of hydrogen-bond donors (Lipinski definition) is 0. The third-order valence-electron chi connectivity index (χ3n) is 2.76. The molecule has 0 spiro atoms. The Morgan fingerprint density at radius 1 is 1.56 bits per heavy atom. The van der Waals surface area contributed by atoms with E-state index in [9.17, 15) is 4.39 Å². The maximum Gasteiger partial charge on any atom is 0.166 e. The van der Waals surface area contributed by atoms with Gasteiger partial charge < -0.3 is 4.90 Å². The smallest absolute Gasteiger partial charge is 0.166 e. The van der Waals surface area contributed by atoms with E-state index in [1.54, 1.807) is 6.20 Å². The van der Waals surface area contributed by atoms with Gasteiger partial charge in [0, 0.05) is 23.8 Å². The molecule has 1 aromatic heterocycles. The predicted octanol–water partition coefficient (Wildman–Crippen LogP) is 3.61. The molecule has 1 heterocycles. The Morgan fingerprint density at radius 3 is 2.88 bits per heavy atom.